The lowest BCUT2D eigenvalue weighted by molar-refractivity contribution is -0.131. The van der Waals surface area contributed by atoms with E-state index in [1.807, 2.05) is 6.92 Å². The molecule has 0 aromatic carbocycles. The van der Waals surface area contributed by atoms with Crippen molar-refractivity contribution >= 4 is 23.4 Å². The van der Waals surface area contributed by atoms with Crippen LogP contribution < -0.4 is 0 Å². The lowest BCUT2D eigenvalue weighted by atomic mass is 10.3. The number of hydrogen-bond acceptors (Lipinski definition) is 5. The summed E-state index contributed by atoms with van der Waals surface area (Å²) in [5.74, 6) is -0.921. The van der Waals surface area contributed by atoms with E-state index in [1.54, 1.807) is 17.4 Å². The van der Waals surface area contributed by atoms with E-state index in [0.717, 1.165) is 61.3 Å². The highest BCUT2D eigenvalue weighted by atomic mass is 32.1. The van der Waals surface area contributed by atoms with Gasteiger partial charge in [0, 0.05) is 32.1 Å². The van der Waals surface area contributed by atoms with Gasteiger partial charge in [0.2, 0.25) is 0 Å². The summed E-state index contributed by atoms with van der Waals surface area (Å²) in [5.41, 5.74) is 0.990. The molecule has 1 aliphatic heterocycles. The van der Waals surface area contributed by atoms with Crippen LogP contribution in [0.15, 0.2) is 6.08 Å². The lowest BCUT2D eigenvalue weighted by Crippen LogP contribution is -2.37. The van der Waals surface area contributed by atoms with Crippen molar-refractivity contribution in [1.82, 2.24) is 9.88 Å². The summed E-state index contributed by atoms with van der Waals surface area (Å²) in [5, 5.41) is 9.78. The molecule has 1 aromatic rings. The number of ether oxygens (including phenoxy) is 1. The molecule has 2 rings (SSSR count). The van der Waals surface area contributed by atoms with E-state index < -0.39 is 5.97 Å². The Labute approximate surface area is 122 Å². The number of carboxylic acid groups (broad SMARTS) is 1. The minimum absolute atomic E-state index is 0.810. The molecule has 0 spiro atoms. The van der Waals surface area contributed by atoms with Gasteiger partial charge in [-0.3, -0.25) is 4.90 Å². The second-order valence-corrected chi connectivity index (χ2v) is 5.76. The molecule has 6 heteroatoms. The molecule has 0 aliphatic carbocycles. The summed E-state index contributed by atoms with van der Waals surface area (Å²) in [7, 11) is 0. The van der Waals surface area contributed by atoms with Gasteiger partial charge >= 0.3 is 5.97 Å². The lowest BCUT2D eigenvalue weighted by Gasteiger charge is -2.25. The average Bonchev–Trinajstić information content (AvgIpc) is 2.86. The molecular weight excluding hydrogens is 276 g/mol. The third kappa shape index (κ3) is 4.40. The number of aromatic nitrogens is 1. The van der Waals surface area contributed by atoms with Crippen molar-refractivity contribution in [2.24, 2.45) is 0 Å². The molecule has 1 N–H and O–H groups in total. The number of aryl methyl sites for hydroxylation is 1. The number of aliphatic carboxylic acids is 1. The first-order valence-corrected chi connectivity index (χ1v) is 7.70. The highest BCUT2D eigenvalue weighted by molar-refractivity contribution is 7.12. The summed E-state index contributed by atoms with van der Waals surface area (Å²) >= 11 is 1.60. The molecule has 2 heterocycles. The Morgan fingerprint density at radius 3 is 2.90 bits per heavy atom. The number of carboxylic acids is 1. The van der Waals surface area contributed by atoms with Gasteiger partial charge in [-0.05, 0) is 12.5 Å². The predicted molar refractivity (Wildman–Crippen MR) is 79.1 cm³/mol. The first-order chi connectivity index (χ1) is 9.69. The Morgan fingerprint density at radius 1 is 1.50 bits per heavy atom. The third-order valence-electron chi connectivity index (χ3n) is 3.23. The van der Waals surface area contributed by atoms with E-state index in [9.17, 15) is 4.79 Å². The van der Waals surface area contributed by atoms with Crippen molar-refractivity contribution in [3.63, 3.8) is 0 Å². The zero-order valence-electron chi connectivity index (χ0n) is 11.7. The number of nitrogens with zero attached hydrogens (tertiary/aromatic N) is 2. The molecule has 0 bridgehead atoms. The van der Waals surface area contributed by atoms with E-state index in [2.05, 4.69) is 9.88 Å². The van der Waals surface area contributed by atoms with Crippen LogP contribution in [0.2, 0.25) is 0 Å². The van der Waals surface area contributed by atoms with E-state index in [1.165, 1.54) is 6.08 Å². The van der Waals surface area contributed by atoms with E-state index in [-0.39, 0.29) is 0 Å². The van der Waals surface area contributed by atoms with Gasteiger partial charge in [-0.2, -0.15) is 0 Å². The maximum atomic E-state index is 10.6. The van der Waals surface area contributed by atoms with Gasteiger partial charge in [0.1, 0.15) is 0 Å². The van der Waals surface area contributed by atoms with Crippen molar-refractivity contribution in [3.8, 4) is 0 Å². The van der Waals surface area contributed by atoms with Gasteiger partial charge in [-0.15, -0.1) is 11.3 Å². The minimum Gasteiger partial charge on any atom is -0.478 e. The van der Waals surface area contributed by atoms with E-state index in [4.69, 9.17) is 9.84 Å². The fourth-order valence-corrected chi connectivity index (χ4v) is 3.18. The van der Waals surface area contributed by atoms with Crippen molar-refractivity contribution in [2.75, 3.05) is 32.8 Å². The molecule has 1 aliphatic rings. The molecule has 0 amide bonds. The summed E-state index contributed by atoms with van der Waals surface area (Å²) in [6, 6.07) is 0. The van der Waals surface area contributed by atoms with Gasteiger partial charge in [-0.25, -0.2) is 9.78 Å². The van der Waals surface area contributed by atoms with Crippen molar-refractivity contribution in [3.05, 3.63) is 21.7 Å². The van der Waals surface area contributed by atoms with Gasteiger partial charge < -0.3 is 9.84 Å². The van der Waals surface area contributed by atoms with Crippen LogP contribution in [0.5, 0.6) is 0 Å². The SMILES string of the molecule is CCc1nc(CCN2CCOCC2)sc1/C=C/C(=O)O. The third-order valence-corrected chi connectivity index (χ3v) is 4.35. The fraction of sp³-hybridized carbons (Fsp3) is 0.571. The second-order valence-electron chi connectivity index (χ2n) is 4.65. The quantitative estimate of drug-likeness (QED) is 0.809. The zero-order valence-corrected chi connectivity index (χ0v) is 12.5. The largest absolute Gasteiger partial charge is 0.478 e. The van der Waals surface area contributed by atoms with Crippen LogP contribution in [-0.4, -0.2) is 53.8 Å². The molecule has 1 aromatic heterocycles. The molecule has 1 fully saturated rings. The van der Waals surface area contributed by atoms with Gasteiger partial charge in [-0.1, -0.05) is 6.92 Å². The van der Waals surface area contributed by atoms with Crippen LogP contribution in [-0.2, 0) is 22.4 Å². The number of thiazole rings is 1. The van der Waals surface area contributed by atoms with E-state index in [0.29, 0.717) is 0 Å². The second kappa shape index (κ2) is 7.52. The van der Waals surface area contributed by atoms with Gasteiger partial charge in [0.15, 0.2) is 0 Å². The smallest absolute Gasteiger partial charge is 0.328 e. The standard InChI is InChI=1S/C14H20N2O3S/c1-2-11-12(3-4-14(17)18)20-13(15-11)5-6-16-7-9-19-10-8-16/h3-4H,2,5-10H2,1H3,(H,17,18)/b4-3+. The average molecular weight is 296 g/mol. The molecular formula is C14H20N2O3S. The van der Waals surface area contributed by atoms with Gasteiger partial charge in [0.05, 0.1) is 28.8 Å². The number of morpholine rings is 1. The normalized spacial score (nSPS) is 16.9. The number of hydrogen-bond donors (Lipinski definition) is 1. The Bertz CT molecular complexity index is 479. The summed E-state index contributed by atoms with van der Waals surface area (Å²) in [6.07, 6.45) is 4.57. The molecule has 0 atom stereocenters. The van der Waals surface area contributed by atoms with Crippen LogP contribution in [0.3, 0.4) is 0 Å². The molecule has 110 valence electrons. The highest BCUT2D eigenvalue weighted by Crippen LogP contribution is 2.21. The number of carbonyl (C=O) groups is 1. The molecule has 1 saturated heterocycles. The van der Waals surface area contributed by atoms with Gasteiger partial charge in [0.25, 0.3) is 0 Å². The monoisotopic (exact) mass is 296 g/mol. The summed E-state index contributed by atoms with van der Waals surface area (Å²) in [4.78, 5) is 18.5. The van der Waals surface area contributed by atoms with Crippen molar-refractivity contribution in [1.29, 1.82) is 0 Å². The highest BCUT2D eigenvalue weighted by Gasteiger charge is 2.12. The van der Waals surface area contributed by atoms with Crippen LogP contribution in [0.25, 0.3) is 6.08 Å². The first kappa shape index (κ1) is 15.2. The molecule has 0 radical (unpaired) electrons. The summed E-state index contributed by atoms with van der Waals surface area (Å²) in [6.45, 7) is 6.62. The van der Waals surface area contributed by atoms with Crippen LogP contribution in [0.1, 0.15) is 22.5 Å². The maximum absolute atomic E-state index is 10.6. The molecule has 20 heavy (non-hydrogen) atoms. The Kier molecular flexibility index (Phi) is 5.70. The fourth-order valence-electron chi connectivity index (χ4n) is 2.13. The topological polar surface area (TPSA) is 62.7 Å². The Morgan fingerprint density at radius 2 is 2.25 bits per heavy atom. The Balaban J connectivity index is 1.95. The summed E-state index contributed by atoms with van der Waals surface area (Å²) < 4.78 is 5.33. The van der Waals surface area contributed by atoms with Crippen LogP contribution in [0.4, 0.5) is 0 Å². The predicted octanol–water partition coefficient (Wildman–Crippen LogP) is 1.68. The van der Waals surface area contributed by atoms with E-state index >= 15 is 0 Å². The first-order valence-electron chi connectivity index (χ1n) is 6.88. The number of rotatable bonds is 6. The van der Waals surface area contributed by atoms with Crippen LogP contribution in [0, 0.1) is 0 Å². The molecule has 5 nitrogen and oxygen atoms in total. The molecule has 0 unspecified atom stereocenters. The van der Waals surface area contributed by atoms with Crippen molar-refractivity contribution < 1.29 is 14.6 Å². The Hall–Kier alpha value is -1.24. The maximum Gasteiger partial charge on any atom is 0.328 e. The zero-order chi connectivity index (χ0) is 14.4. The van der Waals surface area contributed by atoms with Crippen LogP contribution >= 0.6 is 11.3 Å². The minimum atomic E-state index is -0.921. The molecule has 0 saturated carbocycles. The van der Waals surface area contributed by atoms with Crippen molar-refractivity contribution in [2.45, 2.75) is 19.8 Å².